The number of hydrogen-bond acceptors (Lipinski definition) is 1. The van der Waals surface area contributed by atoms with Crippen LogP contribution in [0.15, 0.2) is 42.7 Å². The molecule has 2 rings (SSSR count). The summed E-state index contributed by atoms with van der Waals surface area (Å²) in [5.41, 5.74) is 0.686. The second kappa shape index (κ2) is 4.19. The van der Waals surface area contributed by atoms with Crippen molar-refractivity contribution < 1.29 is 22.8 Å². The van der Waals surface area contributed by atoms with Crippen LogP contribution in [0.1, 0.15) is 2.74 Å². The Bertz CT molecular complexity index is 428. The van der Waals surface area contributed by atoms with E-state index in [2.05, 4.69) is 11.2 Å². The smallest absolute Gasteiger partial charge is 0.0656 e. The second-order valence-corrected chi connectivity index (χ2v) is 2.06. The molecular weight excluding hydrogens is 328 g/mol. The van der Waals surface area contributed by atoms with E-state index in [4.69, 9.17) is 2.74 Å². The van der Waals surface area contributed by atoms with Crippen LogP contribution in [0, 0.1) is 6.07 Å². The maximum Gasteiger partial charge on any atom is 0.0656 e. The van der Waals surface area contributed by atoms with Crippen LogP contribution in [0.25, 0.3) is 5.69 Å². The summed E-state index contributed by atoms with van der Waals surface area (Å²) in [5, 5.41) is 3.94. The minimum absolute atomic E-state index is 0. The number of benzene rings is 1. The molecule has 0 unspecified atom stereocenters. The van der Waals surface area contributed by atoms with Crippen LogP contribution in [0.3, 0.4) is 0 Å². The van der Waals surface area contributed by atoms with E-state index in [1.807, 2.05) is 0 Å². The molecule has 0 amide bonds. The van der Waals surface area contributed by atoms with Gasteiger partial charge in [-0.05, 0) is 11.7 Å². The van der Waals surface area contributed by atoms with Crippen molar-refractivity contribution in [2.24, 2.45) is 0 Å². The zero-order valence-corrected chi connectivity index (χ0v) is 8.51. The monoisotopic (exact) mass is 338 g/mol. The molecular formula is C9H7IrN2-. The number of nitrogens with zero attached hydrogens (tertiary/aromatic N) is 2. The van der Waals surface area contributed by atoms with Crippen LogP contribution in [-0.4, -0.2) is 9.78 Å². The third-order valence-corrected chi connectivity index (χ3v) is 1.33. The Morgan fingerprint density at radius 3 is 3.08 bits per heavy atom. The molecule has 1 aromatic carbocycles. The topological polar surface area (TPSA) is 17.8 Å². The van der Waals surface area contributed by atoms with E-state index in [9.17, 15) is 0 Å². The average molecular weight is 337 g/mol. The minimum atomic E-state index is 0. The van der Waals surface area contributed by atoms with Crippen molar-refractivity contribution in [3.05, 3.63) is 48.7 Å². The molecule has 0 aliphatic heterocycles. The van der Waals surface area contributed by atoms with Crippen molar-refractivity contribution in [2.75, 3.05) is 0 Å². The van der Waals surface area contributed by atoms with Crippen molar-refractivity contribution >= 4 is 0 Å². The average Bonchev–Trinajstić information content (AvgIpc) is 2.52. The second-order valence-electron chi connectivity index (χ2n) is 2.06. The fraction of sp³-hybridized carbons (Fsp3) is 0. The van der Waals surface area contributed by atoms with Gasteiger partial charge >= 0.3 is 0 Å². The van der Waals surface area contributed by atoms with Gasteiger partial charge in [0.05, 0.1) is 1.37 Å². The van der Waals surface area contributed by atoms with Gasteiger partial charge in [0.25, 0.3) is 0 Å². The number of aromatic nitrogens is 2. The van der Waals surface area contributed by atoms with Gasteiger partial charge in [0.1, 0.15) is 0 Å². The van der Waals surface area contributed by atoms with Crippen molar-refractivity contribution in [2.45, 2.75) is 0 Å². The Balaban J connectivity index is 0.000000980. The fourth-order valence-corrected chi connectivity index (χ4v) is 0.841. The van der Waals surface area contributed by atoms with Gasteiger partial charge < -0.3 is 0 Å². The molecule has 2 nitrogen and oxygen atoms in total. The van der Waals surface area contributed by atoms with Crippen LogP contribution in [0.2, 0.25) is 0 Å². The normalized spacial score (nSPS) is 11.3. The van der Waals surface area contributed by atoms with E-state index in [1.54, 1.807) is 24.4 Å². The molecule has 0 N–H and O–H groups in total. The van der Waals surface area contributed by atoms with Gasteiger partial charge in [0.2, 0.25) is 0 Å². The van der Waals surface area contributed by atoms with E-state index in [0.29, 0.717) is 17.8 Å². The van der Waals surface area contributed by atoms with E-state index in [1.165, 1.54) is 10.9 Å². The van der Waals surface area contributed by atoms with Gasteiger partial charge in [0, 0.05) is 33.9 Å². The van der Waals surface area contributed by atoms with E-state index in [0.717, 1.165) is 0 Å². The van der Waals surface area contributed by atoms with Crippen molar-refractivity contribution in [1.82, 2.24) is 9.78 Å². The summed E-state index contributed by atoms with van der Waals surface area (Å²) in [6.45, 7) is 0. The first-order valence-electron chi connectivity index (χ1n) is 4.26. The van der Waals surface area contributed by atoms with Crippen molar-refractivity contribution in [3.8, 4) is 5.69 Å². The fourth-order valence-electron chi connectivity index (χ4n) is 0.841. The molecule has 0 saturated carbocycles. The molecule has 12 heavy (non-hydrogen) atoms. The van der Waals surface area contributed by atoms with Crippen LogP contribution >= 0.6 is 0 Å². The number of para-hydroxylation sites is 1. The first kappa shape index (κ1) is 6.58. The predicted octanol–water partition coefficient (Wildman–Crippen LogP) is 1.67. The van der Waals surface area contributed by atoms with Gasteiger partial charge in [-0.3, -0.25) is 4.68 Å². The van der Waals surface area contributed by atoms with Gasteiger partial charge in [-0.25, -0.2) is 0 Å². The van der Waals surface area contributed by atoms with E-state index >= 15 is 0 Å². The van der Waals surface area contributed by atoms with Crippen molar-refractivity contribution in [1.29, 1.82) is 0 Å². The zero-order valence-electron chi connectivity index (χ0n) is 8.11. The summed E-state index contributed by atoms with van der Waals surface area (Å²) < 4.78 is 16.2. The van der Waals surface area contributed by atoms with Crippen LogP contribution in [0.4, 0.5) is 0 Å². The molecule has 1 radical (unpaired) electrons. The van der Waals surface area contributed by atoms with Crippen LogP contribution in [-0.2, 0) is 20.1 Å². The molecule has 0 spiro atoms. The molecule has 1 aromatic heterocycles. The summed E-state index contributed by atoms with van der Waals surface area (Å²) in [6, 6.07) is 8.66. The Kier molecular flexibility index (Phi) is 2.30. The van der Waals surface area contributed by atoms with Crippen LogP contribution < -0.4 is 0 Å². The molecule has 0 bridgehead atoms. The third kappa shape index (κ3) is 1.81. The molecule has 63 valence electrons. The first-order chi connectivity index (χ1) is 6.25. The van der Waals surface area contributed by atoms with Gasteiger partial charge in [-0.1, -0.05) is 0 Å². The maximum atomic E-state index is 7.38. The number of rotatable bonds is 1. The summed E-state index contributed by atoms with van der Waals surface area (Å²) in [6.07, 6.45) is 3.02. The molecule has 0 fully saturated rings. The van der Waals surface area contributed by atoms with E-state index < -0.39 is 0 Å². The Morgan fingerprint density at radius 1 is 1.50 bits per heavy atom. The summed E-state index contributed by atoms with van der Waals surface area (Å²) in [4.78, 5) is 0. The quantitative estimate of drug-likeness (QED) is 0.724. The minimum Gasteiger partial charge on any atom is -0.266 e. The molecule has 0 atom stereocenters. The summed E-state index contributed by atoms with van der Waals surface area (Å²) in [5.74, 6) is 0. The predicted molar refractivity (Wildman–Crippen MR) is 42.4 cm³/mol. The molecule has 2 aromatic rings. The SMILES string of the molecule is [2H]c1cc[c-]c(-n2cc([2H])cn2)c1.[Ir]. The largest absolute Gasteiger partial charge is 0.266 e. The standard InChI is InChI=1S/C9H7N2.Ir/c1-2-5-9(6-3-1)11-8-4-7-10-11;/h1-5,7-8H;/q-1;/i2D,4D;. The summed E-state index contributed by atoms with van der Waals surface area (Å²) >= 11 is 0. The maximum absolute atomic E-state index is 7.38. The zero-order chi connectivity index (χ0) is 9.26. The Labute approximate surface area is 87.4 Å². The molecule has 1 heterocycles. The van der Waals surface area contributed by atoms with Gasteiger partial charge in [0.15, 0.2) is 0 Å². The van der Waals surface area contributed by atoms with Gasteiger partial charge in [-0.2, -0.15) is 29.3 Å². The van der Waals surface area contributed by atoms with Crippen molar-refractivity contribution in [3.63, 3.8) is 0 Å². The first-order valence-corrected chi connectivity index (χ1v) is 3.26. The summed E-state index contributed by atoms with van der Waals surface area (Å²) in [7, 11) is 0. The molecule has 0 aliphatic carbocycles. The Hall–Kier alpha value is -0.921. The molecule has 3 heteroatoms. The van der Waals surface area contributed by atoms with E-state index in [-0.39, 0.29) is 20.1 Å². The molecule has 0 aliphatic rings. The Morgan fingerprint density at radius 2 is 2.42 bits per heavy atom. The van der Waals surface area contributed by atoms with Gasteiger partial charge in [-0.15, -0.1) is 6.07 Å². The third-order valence-electron chi connectivity index (χ3n) is 1.33. The molecule has 0 saturated heterocycles. The van der Waals surface area contributed by atoms with Crippen LogP contribution in [0.5, 0.6) is 0 Å². The number of hydrogen-bond donors (Lipinski definition) is 0.